The SMILES string of the molecule is CCCNC1CC2CCCC(C1)N2CC1(C)CCCC1. The first-order valence-electron chi connectivity index (χ1n) is 9.19. The van der Waals surface area contributed by atoms with Crippen LogP contribution in [-0.4, -0.2) is 36.1 Å². The summed E-state index contributed by atoms with van der Waals surface area (Å²) < 4.78 is 0. The normalized spacial score (nSPS) is 37.2. The average Bonchev–Trinajstić information content (AvgIpc) is 2.83. The Morgan fingerprint density at radius 2 is 1.70 bits per heavy atom. The first-order chi connectivity index (χ1) is 9.70. The molecule has 2 saturated heterocycles. The first kappa shape index (κ1) is 14.8. The van der Waals surface area contributed by atoms with E-state index >= 15 is 0 Å². The van der Waals surface area contributed by atoms with Gasteiger partial charge in [0.25, 0.3) is 0 Å². The van der Waals surface area contributed by atoms with Crippen LogP contribution in [-0.2, 0) is 0 Å². The number of hydrogen-bond donors (Lipinski definition) is 1. The van der Waals surface area contributed by atoms with E-state index in [4.69, 9.17) is 0 Å². The highest BCUT2D eigenvalue weighted by atomic mass is 15.2. The molecule has 0 amide bonds. The van der Waals surface area contributed by atoms with Gasteiger partial charge < -0.3 is 5.32 Å². The zero-order chi connectivity index (χ0) is 14.0. The Kier molecular flexibility index (Phi) is 4.72. The summed E-state index contributed by atoms with van der Waals surface area (Å²) in [5, 5.41) is 3.80. The molecule has 2 heteroatoms. The van der Waals surface area contributed by atoms with Crippen molar-refractivity contribution in [3.05, 3.63) is 0 Å². The molecule has 2 unspecified atom stereocenters. The number of nitrogens with zero attached hydrogens (tertiary/aromatic N) is 1. The van der Waals surface area contributed by atoms with E-state index in [-0.39, 0.29) is 0 Å². The maximum Gasteiger partial charge on any atom is 0.0113 e. The van der Waals surface area contributed by atoms with Crippen LogP contribution >= 0.6 is 0 Å². The van der Waals surface area contributed by atoms with Crippen molar-refractivity contribution >= 4 is 0 Å². The van der Waals surface area contributed by atoms with Crippen molar-refractivity contribution < 1.29 is 0 Å². The zero-order valence-electron chi connectivity index (χ0n) is 13.7. The molecule has 0 aromatic heterocycles. The Labute approximate surface area is 125 Å². The van der Waals surface area contributed by atoms with E-state index < -0.39 is 0 Å². The van der Waals surface area contributed by atoms with Gasteiger partial charge in [0.15, 0.2) is 0 Å². The van der Waals surface area contributed by atoms with Gasteiger partial charge in [-0.05, 0) is 56.9 Å². The number of nitrogens with one attached hydrogen (secondary N) is 1. The van der Waals surface area contributed by atoms with Gasteiger partial charge in [-0.15, -0.1) is 0 Å². The van der Waals surface area contributed by atoms with Crippen molar-refractivity contribution in [2.75, 3.05) is 13.1 Å². The minimum atomic E-state index is 0.636. The zero-order valence-corrected chi connectivity index (χ0v) is 13.7. The van der Waals surface area contributed by atoms with Crippen LogP contribution in [0.25, 0.3) is 0 Å². The van der Waals surface area contributed by atoms with Crippen LogP contribution in [0.15, 0.2) is 0 Å². The molecule has 0 aromatic rings. The highest BCUT2D eigenvalue weighted by Gasteiger charge is 2.41. The molecule has 0 aromatic carbocycles. The van der Waals surface area contributed by atoms with Crippen LogP contribution in [0.2, 0.25) is 0 Å². The van der Waals surface area contributed by atoms with E-state index in [0.717, 1.165) is 18.1 Å². The lowest BCUT2D eigenvalue weighted by Gasteiger charge is -2.51. The molecule has 1 saturated carbocycles. The lowest BCUT2D eigenvalue weighted by molar-refractivity contribution is -0.00475. The van der Waals surface area contributed by atoms with Gasteiger partial charge in [-0.25, -0.2) is 0 Å². The molecule has 1 aliphatic carbocycles. The van der Waals surface area contributed by atoms with Gasteiger partial charge in [0.2, 0.25) is 0 Å². The molecule has 2 atom stereocenters. The molecule has 2 aliphatic heterocycles. The molecule has 3 fully saturated rings. The third-order valence-electron chi connectivity index (χ3n) is 6.18. The standard InChI is InChI=1S/C18H34N2/c1-3-11-19-15-12-16-7-6-8-17(13-15)20(16)14-18(2)9-4-5-10-18/h15-17,19H,3-14H2,1-2H3. The van der Waals surface area contributed by atoms with E-state index in [1.807, 2.05) is 0 Å². The van der Waals surface area contributed by atoms with E-state index in [9.17, 15) is 0 Å². The van der Waals surface area contributed by atoms with Crippen LogP contribution in [0, 0.1) is 5.41 Å². The predicted octanol–water partition coefficient (Wildman–Crippen LogP) is 3.95. The predicted molar refractivity (Wildman–Crippen MR) is 86.0 cm³/mol. The maximum absolute atomic E-state index is 3.80. The molecule has 0 radical (unpaired) electrons. The largest absolute Gasteiger partial charge is 0.314 e. The Morgan fingerprint density at radius 1 is 1.05 bits per heavy atom. The minimum Gasteiger partial charge on any atom is -0.314 e. The molecule has 2 heterocycles. The lowest BCUT2D eigenvalue weighted by atomic mass is 9.78. The Morgan fingerprint density at radius 3 is 2.30 bits per heavy atom. The number of piperidine rings is 2. The van der Waals surface area contributed by atoms with Gasteiger partial charge in [0, 0.05) is 24.7 Å². The van der Waals surface area contributed by atoms with Crippen LogP contribution in [0.1, 0.15) is 78.1 Å². The summed E-state index contributed by atoms with van der Waals surface area (Å²) >= 11 is 0. The maximum atomic E-state index is 3.80. The molecule has 2 nitrogen and oxygen atoms in total. The fraction of sp³-hybridized carbons (Fsp3) is 1.00. The van der Waals surface area contributed by atoms with E-state index in [0.29, 0.717) is 5.41 Å². The number of hydrogen-bond acceptors (Lipinski definition) is 2. The van der Waals surface area contributed by atoms with Crippen molar-refractivity contribution in [3.8, 4) is 0 Å². The topological polar surface area (TPSA) is 15.3 Å². The van der Waals surface area contributed by atoms with E-state index in [1.165, 1.54) is 77.3 Å². The molecule has 3 rings (SSSR count). The third kappa shape index (κ3) is 3.22. The van der Waals surface area contributed by atoms with Crippen LogP contribution < -0.4 is 5.32 Å². The van der Waals surface area contributed by atoms with Crippen LogP contribution in [0.3, 0.4) is 0 Å². The molecule has 3 aliphatic rings. The Balaban J connectivity index is 1.61. The second-order valence-electron chi connectivity index (χ2n) is 8.05. The van der Waals surface area contributed by atoms with Gasteiger partial charge in [0.05, 0.1) is 0 Å². The summed E-state index contributed by atoms with van der Waals surface area (Å²) in [7, 11) is 0. The molecular formula is C18H34N2. The summed E-state index contributed by atoms with van der Waals surface area (Å²) in [5.74, 6) is 0. The van der Waals surface area contributed by atoms with Crippen LogP contribution in [0.5, 0.6) is 0 Å². The van der Waals surface area contributed by atoms with Gasteiger partial charge in [-0.3, -0.25) is 4.90 Å². The van der Waals surface area contributed by atoms with Crippen molar-refractivity contribution in [1.29, 1.82) is 0 Å². The van der Waals surface area contributed by atoms with Crippen LogP contribution in [0.4, 0.5) is 0 Å². The molecular weight excluding hydrogens is 244 g/mol. The van der Waals surface area contributed by atoms with Crippen molar-refractivity contribution in [1.82, 2.24) is 10.2 Å². The van der Waals surface area contributed by atoms with Gasteiger partial charge in [-0.1, -0.05) is 33.1 Å². The lowest BCUT2D eigenvalue weighted by Crippen LogP contribution is -2.58. The molecule has 116 valence electrons. The van der Waals surface area contributed by atoms with E-state index in [2.05, 4.69) is 24.1 Å². The third-order valence-corrected chi connectivity index (χ3v) is 6.18. The molecule has 1 N–H and O–H groups in total. The number of fused-ring (bicyclic) bond motifs is 2. The minimum absolute atomic E-state index is 0.636. The molecule has 0 spiro atoms. The second kappa shape index (κ2) is 6.36. The monoisotopic (exact) mass is 278 g/mol. The number of rotatable bonds is 5. The average molecular weight is 278 g/mol. The summed E-state index contributed by atoms with van der Waals surface area (Å²) in [4.78, 5) is 2.94. The fourth-order valence-corrected chi connectivity index (χ4v) is 5.08. The van der Waals surface area contributed by atoms with Gasteiger partial charge in [-0.2, -0.15) is 0 Å². The summed E-state index contributed by atoms with van der Waals surface area (Å²) in [5.41, 5.74) is 0.636. The van der Waals surface area contributed by atoms with Gasteiger partial charge in [0.1, 0.15) is 0 Å². The second-order valence-corrected chi connectivity index (χ2v) is 8.05. The van der Waals surface area contributed by atoms with Crippen molar-refractivity contribution in [2.24, 2.45) is 5.41 Å². The van der Waals surface area contributed by atoms with E-state index in [1.54, 1.807) is 0 Å². The quantitative estimate of drug-likeness (QED) is 0.819. The van der Waals surface area contributed by atoms with Gasteiger partial charge >= 0.3 is 0 Å². The highest BCUT2D eigenvalue weighted by Crippen LogP contribution is 2.42. The summed E-state index contributed by atoms with van der Waals surface area (Å²) in [6, 6.07) is 2.57. The molecule has 20 heavy (non-hydrogen) atoms. The Bertz CT molecular complexity index is 295. The first-order valence-corrected chi connectivity index (χ1v) is 9.19. The summed E-state index contributed by atoms with van der Waals surface area (Å²) in [6.07, 6.45) is 14.4. The highest BCUT2D eigenvalue weighted by molar-refractivity contribution is 4.97. The summed E-state index contributed by atoms with van der Waals surface area (Å²) in [6.45, 7) is 7.44. The van der Waals surface area contributed by atoms with Crippen molar-refractivity contribution in [2.45, 2.75) is 96.2 Å². The Hall–Kier alpha value is -0.0800. The fourth-order valence-electron chi connectivity index (χ4n) is 5.08. The molecule has 2 bridgehead atoms. The smallest absolute Gasteiger partial charge is 0.0113 e. The van der Waals surface area contributed by atoms with Crippen molar-refractivity contribution in [3.63, 3.8) is 0 Å².